The van der Waals surface area contributed by atoms with Gasteiger partial charge in [0.1, 0.15) is 11.6 Å². The highest BCUT2D eigenvalue weighted by atomic mass is 19.1. The third kappa shape index (κ3) is 2.66. The molecule has 0 spiro atoms. The summed E-state index contributed by atoms with van der Waals surface area (Å²) in [4.78, 5) is 37.6. The van der Waals surface area contributed by atoms with E-state index in [1.54, 1.807) is 13.0 Å². The zero-order chi connectivity index (χ0) is 20.0. The van der Waals surface area contributed by atoms with Crippen LogP contribution in [0.1, 0.15) is 36.8 Å². The second-order valence-corrected chi connectivity index (χ2v) is 6.16. The van der Waals surface area contributed by atoms with E-state index >= 15 is 0 Å². The van der Waals surface area contributed by atoms with Crippen molar-refractivity contribution < 1.29 is 27.6 Å². The quantitative estimate of drug-likeness (QED) is 0.697. The molecule has 8 heteroatoms. The molecule has 0 saturated carbocycles. The number of rotatable bonds is 3. The van der Waals surface area contributed by atoms with Crippen LogP contribution < -0.4 is 10.2 Å². The van der Waals surface area contributed by atoms with Crippen LogP contribution in [0.3, 0.4) is 0 Å². The monoisotopic (exact) mass is 382 g/mol. The van der Waals surface area contributed by atoms with Crippen LogP contribution in [0.15, 0.2) is 53.1 Å². The Labute approximate surface area is 157 Å². The van der Waals surface area contributed by atoms with Crippen LogP contribution in [-0.4, -0.2) is 17.7 Å². The van der Waals surface area contributed by atoms with Crippen molar-refractivity contribution in [3.63, 3.8) is 0 Å². The summed E-state index contributed by atoms with van der Waals surface area (Å²) in [7, 11) is 0. The molecule has 6 nitrogen and oxygen atoms in total. The van der Waals surface area contributed by atoms with E-state index in [1.807, 2.05) is 0 Å². The van der Waals surface area contributed by atoms with E-state index in [1.165, 1.54) is 30.5 Å². The van der Waals surface area contributed by atoms with Crippen molar-refractivity contribution in [2.45, 2.75) is 6.92 Å². The lowest BCUT2D eigenvalue weighted by Crippen LogP contribution is -2.30. The number of carbonyl (C=O) groups is 3. The fraction of sp³-hybridized carbons (Fsp3) is 0.0500. The molecule has 4 rings (SSSR count). The molecule has 1 aromatic heterocycles. The van der Waals surface area contributed by atoms with Crippen molar-refractivity contribution in [2.24, 2.45) is 0 Å². The van der Waals surface area contributed by atoms with E-state index in [9.17, 15) is 23.2 Å². The highest BCUT2D eigenvalue weighted by Crippen LogP contribution is 2.32. The molecule has 0 fully saturated rings. The van der Waals surface area contributed by atoms with Crippen LogP contribution >= 0.6 is 0 Å². The number of fused-ring (bicyclic) bond motifs is 1. The molecular formula is C20H12F2N2O4. The van der Waals surface area contributed by atoms with Crippen LogP contribution in [0, 0.1) is 18.6 Å². The van der Waals surface area contributed by atoms with Gasteiger partial charge in [0.25, 0.3) is 17.7 Å². The van der Waals surface area contributed by atoms with Gasteiger partial charge >= 0.3 is 0 Å². The number of benzene rings is 2. The maximum atomic E-state index is 14.6. The number of aryl methyl sites for hydroxylation is 1. The highest BCUT2D eigenvalue weighted by molar-refractivity contribution is 6.34. The molecule has 0 unspecified atom stereocenters. The van der Waals surface area contributed by atoms with Crippen LogP contribution in [0.4, 0.5) is 20.2 Å². The van der Waals surface area contributed by atoms with Gasteiger partial charge in [-0.15, -0.1) is 0 Å². The Balaban J connectivity index is 1.63. The molecule has 3 amide bonds. The number of furan rings is 1. The maximum Gasteiger partial charge on any atom is 0.291 e. The van der Waals surface area contributed by atoms with Gasteiger partial charge in [0, 0.05) is 11.3 Å². The molecule has 0 saturated heterocycles. The topological polar surface area (TPSA) is 79.6 Å². The number of hydrogen-bond acceptors (Lipinski definition) is 4. The molecule has 0 bridgehead atoms. The summed E-state index contributed by atoms with van der Waals surface area (Å²) in [6, 6.07) is 8.73. The van der Waals surface area contributed by atoms with E-state index in [4.69, 9.17) is 4.42 Å². The van der Waals surface area contributed by atoms with Crippen LogP contribution in [0.25, 0.3) is 0 Å². The Bertz CT molecular complexity index is 1150. The van der Waals surface area contributed by atoms with Gasteiger partial charge in [-0.25, -0.2) is 13.7 Å². The summed E-state index contributed by atoms with van der Waals surface area (Å²) in [6.45, 7) is 1.68. The van der Waals surface area contributed by atoms with E-state index in [2.05, 4.69) is 5.32 Å². The SMILES string of the molecule is Cc1ccoc1C(=O)Nc1ccc(N2C(=O)c3cccc(F)c3C2=O)c(F)c1. The number of carbonyl (C=O) groups excluding carboxylic acids is 3. The normalized spacial score (nSPS) is 13.0. The number of nitrogens with zero attached hydrogens (tertiary/aromatic N) is 1. The van der Waals surface area contributed by atoms with E-state index < -0.39 is 34.9 Å². The Kier molecular flexibility index (Phi) is 4.03. The molecule has 0 atom stereocenters. The van der Waals surface area contributed by atoms with E-state index in [0.29, 0.717) is 10.5 Å². The zero-order valence-electron chi connectivity index (χ0n) is 14.5. The van der Waals surface area contributed by atoms with Crippen LogP contribution in [-0.2, 0) is 0 Å². The van der Waals surface area contributed by atoms with Gasteiger partial charge < -0.3 is 9.73 Å². The third-order valence-corrected chi connectivity index (χ3v) is 4.38. The van der Waals surface area contributed by atoms with E-state index in [0.717, 1.165) is 12.1 Å². The van der Waals surface area contributed by atoms with Crippen molar-refractivity contribution in [2.75, 3.05) is 10.2 Å². The number of hydrogen-bond donors (Lipinski definition) is 1. The third-order valence-electron chi connectivity index (χ3n) is 4.38. The van der Waals surface area contributed by atoms with Crippen LogP contribution in [0.5, 0.6) is 0 Å². The highest BCUT2D eigenvalue weighted by Gasteiger charge is 2.40. The molecule has 1 aliphatic rings. The first-order chi connectivity index (χ1) is 13.4. The van der Waals surface area contributed by atoms with Crippen molar-refractivity contribution in [3.8, 4) is 0 Å². The number of imide groups is 1. The summed E-state index contributed by atoms with van der Waals surface area (Å²) in [5, 5.41) is 2.47. The molecule has 3 aromatic rings. The minimum absolute atomic E-state index is 0.0836. The van der Waals surface area contributed by atoms with Gasteiger partial charge in [-0.2, -0.15) is 0 Å². The number of halogens is 2. The molecule has 28 heavy (non-hydrogen) atoms. The predicted molar refractivity (Wildman–Crippen MR) is 95.3 cm³/mol. The van der Waals surface area contributed by atoms with Gasteiger partial charge in [0.05, 0.1) is 23.1 Å². The fourth-order valence-electron chi connectivity index (χ4n) is 3.02. The number of anilines is 2. The maximum absolute atomic E-state index is 14.6. The van der Waals surface area contributed by atoms with Crippen molar-refractivity contribution in [1.82, 2.24) is 0 Å². The first-order valence-electron chi connectivity index (χ1n) is 8.21. The molecule has 1 aliphatic heterocycles. The average molecular weight is 382 g/mol. The number of nitrogens with one attached hydrogen (secondary N) is 1. The lowest BCUT2D eigenvalue weighted by molar-refractivity contribution is 0.0922. The average Bonchev–Trinajstić information content (AvgIpc) is 3.18. The Morgan fingerprint density at radius 2 is 1.82 bits per heavy atom. The summed E-state index contributed by atoms with van der Waals surface area (Å²) >= 11 is 0. The first kappa shape index (κ1) is 17.6. The molecule has 0 aliphatic carbocycles. The summed E-state index contributed by atoms with van der Waals surface area (Å²) in [5.74, 6) is -4.03. The van der Waals surface area contributed by atoms with Gasteiger partial charge in [-0.3, -0.25) is 14.4 Å². The Hall–Kier alpha value is -3.81. The fourth-order valence-corrected chi connectivity index (χ4v) is 3.02. The predicted octanol–water partition coefficient (Wildman–Crippen LogP) is 3.92. The summed E-state index contributed by atoms with van der Waals surface area (Å²) in [6.07, 6.45) is 1.36. The Morgan fingerprint density at radius 1 is 1.04 bits per heavy atom. The lowest BCUT2D eigenvalue weighted by Gasteiger charge is -2.15. The van der Waals surface area contributed by atoms with Crippen molar-refractivity contribution in [3.05, 3.63) is 82.8 Å². The molecule has 2 heterocycles. The van der Waals surface area contributed by atoms with Gasteiger partial charge in [0.15, 0.2) is 5.76 Å². The first-order valence-corrected chi connectivity index (χ1v) is 8.21. The summed E-state index contributed by atoms with van der Waals surface area (Å²) < 4.78 is 33.6. The lowest BCUT2D eigenvalue weighted by atomic mass is 10.1. The minimum atomic E-state index is -0.944. The molecular weight excluding hydrogens is 370 g/mol. The van der Waals surface area contributed by atoms with Crippen LogP contribution in [0.2, 0.25) is 0 Å². The Morgan fingerprint density at radius 3 is 2.46 bits per heavy atom. The molecule has 2 aromatic carbocycles. The zero-order valence-corrected chi connectivity index (χ0v) is 14.5. The second-order valence-electron chi connectivity index (χ2n) is 6.16. The molecule has 0 radical (unpaired) electrons. The molecule has 140 valence electrons. The standard InChI is InChI=1S/C20H12F2N2O4/c1-10-7-8-28-17(10)18(25)23-11-5-6-15(14(22)9-11)24-19(26)12-3-2-4-13(21)16(12)20(24)27/h2-9H,1H3,(H,23,25). The van der Waals surface area contributed by atoms with E-state index in [-0.39, 0.29) is 22.7 Å². The summed E-state index contributed by atoms with van der Waals surface area (Å²) in [5.41, 5.74) is -0.141. The largest absolute Gasteiger partial charge is 0.459 e. The van der Waals surface area contributed by atoms with Crippen molar-refractivity contribution in [1.29, 1.82) is 0 Å². The van der Waals surface area contributed by atoms with Gasteiger partial charge in [0.2, 0.25) is 0 Å². The smallest absolute Gasteiger partial charge is 0.291 e. The van der Waals surface area contributed by atoms with Gasteiger partial charge in [-0.1, -0.05) is 6.07 Å². The van der Waals surface area contributed by atoms with Crippen molar-refractivity contribution >= 4 is 29.1 Å². The number of amides is 3. The second kappa shape index (κ2) is 6.41. The van der Waals surface area contributed by atoms with Gasteiger partial charge in [-0.05, 0) is 43.3 Å². The molecule has 1 N–H and O–H groups in total. The minimum Gasteiger partial charge on any atom is -0.459 e.